The molecule has 0 amide bonds. The summed E-state index contributed by atoms with van der Waals surface area (Å²) in [6.07, 6.45) is 3.83. The molecule has 0 saturated heterocycles. The zero-order chi connectivity index (χ0) is 12.8. The summed E-state index contributed by atoms with van der Waals surface area (Å²) in [6, 6.07) is 6.31. The Bertz CT molecular complexity index is 371. The quantitative estimate of drug-likeness (QED) is 0.762. The number of hydrogen-bond donors (Lipinski definition) is 1. The van der Waals surface area contributed by atoms with E-state index in [0.717, 1.165) is 24.2 Å². The number of rotatable bonds is 6. The minimum absolute atomic E-state index is 0.103. The van der Waals surface area contributed by atoms with E-state index < -0.39 is 0 Å². The molecule has 0 saturated carbocycles. The van der Waals surface area contributed by atoms with Crippen molar-refractivity contribution in [1.82, 2.24) is 0 Å². The first-order valence-electron chi connectivity index (χ1n) is 6.24. The van der Waals surface area contributed by atoms with Gasteiger partial charge >= 0.3 is 0 Å². The van der Waals surface area contributed by atoms with Gasteiger partial charge in [0, 0.05) is 6.04 Å². The molecule has 1 unspecified atom stereocenters. The lowest BCUT2D eigenvalue weighted by molar-refractivity contribution is 0.240. The normalized spacial score (nSPS) is 12.5. The Labute approximate surface area is 104 Å². The van der Waals surface area contributed by atoms with E-state index in [9.17, 15) is 0 Å². The van der Waals surface area contributed by atoms with Crippen LogP contribution in [-0.2, 0) is 6.42 Å². The molecule has 0 spiro atoms. The summed E-state index contributed by atoms with van der Waals surface area (Å²) >= 11 is 0. The number of benzene rings is 1. The van der Waals surface area contributed by atoms with Crippen molar-refractivity contribution in [2.45, 2.75) is 45.8 Å². The highest BCUT2D eigenvalue weighted by Gasteiger charge is 2.09. The van der Waals surface area contributed by atoms with E-state index in [0.29, 0.717) is 0 Å². The van der Waals surface area contributed by atoms with Crippen LogP contribution in [0.2, 0.25) is 0 Å². The van der Waals surface area contributed by atoms with E-state index in [4.69, 9.17) is 10.5 Å². The van der Waals surface area contributed by atoms with Crippen LogP contribution in [0.25, 0.3) is 0 Å². The summed E-state index contributed by atoms with van der Waals surface area (Å²) in [4.78, 5) is 0. The molecule has 1 aromatic rings. The summed E-state index contributed by atoms with van der Waals surface area (Å²) in [5.41, 5.74) is 8.37. The molecule has 0 fully saturated rings. The minimum atomic E-state index is 0.103. The lowest BCUT2D eigenvalue weighted by atomic mass is 10.0. The average Bonchev–Trinajstić information content (AvgIpc) is 2.30. The van der Waals surface area contributed by atoms with Gasteiger partial charge in [-0.3, -0.25) is 0 Å². The smallest absolute Gasteiger partial charge is 0.123 e. The van der Waals surface area contributed by atoms with Crippen LogP contribution in [0.4, 0.5) is 0 Å². The SMILES string of the molecule is C=CCc1cc(C(N)CC)ccc1OC(C)C. The standard InChI is InChI=1S/C15H23NO/c1-5-7-13-10-12(14(16)6-2)8-9-15(13)17-11(3)4/h5,8-11,14H,1,6-7,16H2,2-4H3. The van der Waals surface area contributed by atoms with E-state index in [1.54, 1.807) is 0 Å². The van der Waals surface area contributed by atoms with Crippen molar-refractivity contribution in [3.63, 3.8) is 0 Å². The minimum Gasteiger partial charge on any atom is -0.491 e. The van der Waals surface area contributed by atoms with Gasteiger partial charge in [-0.15, -0.1) is 6.58 Å². The van der Waals surface area contributed by atoms with E-state index in [1.807, 2.05) is 26.0 Å². The zero-order valence-corrected chi connectivity index (χ0v) is 11.1. The van der Waals surface area contributed by atoms with E-state index in [1.165, 1.54) is 5.56 Å². The molecular formula is C15H23NO. The monoisotopic (exact) mass is 233 g/mol. The second-order valence-electron chi connectivity index (χ2n) is 4.54. The maximum atomic E-state index is 6.04. The summed E-state index contributed by atoms with van der Waals surface area (Å²) in [7, 11) is 0. The third kappa shape index (κ3) is 3.90. The Balaban J connectivity index is 3.02. The molecule has 0 aliphatic carbocycles. The van der Waals surface area contributed by atoms with E-state index in [2.05, 4.69) is 25.6 Å². The molecule has 0 bridgehead atoms. The molecule has 2 heteroatoms. The highest BCUT2D eigenvalue weighted by atomic mass is 16.5. The Morgan fingerprint density at radius 1 is 1.41 bits per heavy atom. The average molecular weight is 233 g/mol. The van der Waals surface area contributed by atoms with Crippen molar-refractivity contribution < 1.29 is 4.74 Å². The Kier molecular flexibility index (Phi) is 5.23. The van der Waals surface area contributed by atoms with Crippen molar-refractivity contribution in [2.24, 2.45) is 5.73 Å². The first-order chi connectivity index (χ1) is 8.08. The van der Waals surface area contributed by atoms with Crippen molar-refractivity contribution >= 4 is 0 Å². The molecule has 94 valence electrons. The highest BCUT2D eigenvalue weighted by molar-refractivity contribution is 5.39. The molecule has 0 aromatic heterocycles. The number of hydrogen-bond acceptors (Lipinski definition) is 2. The number of nitrogens with two attached hydrogens (primary N) is 1. The first kappa shape index (κ1) is 13.8. The van der Waals surface area contributed by atoms with Crippen LogP contribution in [0, 0.1) is 0 Å². The largest absolute Gasteiger partial charge is 0.491 e. The van der Waals surface area contributed by atoms with Gasteiger partial charge in [0.05, 0.1) is 6.10 Å². The van der Waals surface area contributed by atoms with Crippen LogP contribution in [0.1, 0.15) is 44.4 Å². The third-order valence-corrected chi connectivity index (χ3v) is 2.68. The summed E-state index contributed by atoms with van der Waals surface area (Å²) in [5.74, 6) is 0.937. The fourth-order valence-electron chi connectivity index (χ4n) is 1.75. The van der Waals surface area contributed by atoms with Crippen LogP contribution >= 0.6 is 0 Å². The second kappa shape index (κ2) is 6.45. The molecule has 0 aliphatic heterocycles. The summed E-state index contributed by atoms with van der Waals surface area (Å²) in [6.45, 7) is 9.94. The van der Waals surface area contributed by atoms with Crippen molar-refractivity contribution in [1.29, 1.82) is 0 Å². The molecule has 0 radical (unpaired) electrons. The Morgan fingerprint density at radius 3 is 2.65 bits per heavy atom. The summed E-state index contributed by atoms with van der Waals surface area (Å²) in [5, 5.41) is 0. The fraction of sp³-hybridized carbons (Fsp3) is 0.467. The molecule has 2 N–H and O–H groups in total. The Morgan fingerprint density at radius 2 is 2.12 bits per heavy atom. The molecule has 0 heterocycles. The third-order valence-electron chi connectivity index (χ3n) is 2.68. The molecule has 1 rings (SSSR count). The first-order valence-corrected chi connectivity index (χ1v) is 6.24. The van der Waals surface area contributed by atoms with Crippen molar-refractivity contribution in [3.8, 4) is 5.75 Å². The molecular weight excluding hydrogens is 210 g/mol. The van der Waals surface area contributed by atoms with Crippen molar-refractivity contribution in [3.05, 3.63) is 42.0 Å². The van der Waals surface area contributed by atoms with Gasteiger partial charge in [0.25, 0.3) is 0 Å². The van der Waals surface area contributed by atoms with E-state index >= 15 is 0 Å². The van der Waals surface area contributed by atoms with E-state index in [-0.39, 0.29) is 12.1 Å². The van der Waals surface area contributed by atoms with Crippen molar-refractivity contribution in [2.75, 3.05) is 0 Å². The molecule has 1 atom stereocenters. The molecule has 1 aromatic carbocycles. The molecule has 17 heavy (non-hydrogen) atoms. The lowest BCUT2D eigenvalue weighted by Crippen LogP contribution is -2.11. The van der Waals surface area contributed by atoms with Crippen LogP contribution < -0.4 is 10.5 Å². The van der Waals surface area contributed by atoms with Gasteiger partial charge in [0.1, 0.15) is 5.75 Å². The topological polar surface area (TPSA) is 35.2 Å². The fourth-order valence-corrected chi connectivity index (χ4v) is 1.75. The van der Waals surface area contributed by atoms with Gasteiger partial charge in [-0.05, 0) is 43.9 Å². The van der Waals surface area contributed by atoms with Crippen LogP contribution in [0.3, 0.4) is 0 Å². The van der Waals surface area contributed by atoms with Gasteiger partial charge in [-0.1, -0.05) is 25.1 Å². The van der Waals surface area contributed by atoms with Gasteiger partial charge < -0.3 is 10.5 Å². The second-order valence-corrected chi connectivity index (χ2v) is 4.54. The zero-order valence-electron chi connectivity index (χ0n) is 11.1. The predicted octanol–water partition coefficient (Wildman–Crippen LogP) is 3.61. The van der Waals surface area contributed by atoms with Gasteiger partial charge in [-0.2, -0.15) is 0 Å². The molecule has 0 aliphatic rings. The predicted molar refractivity (Wildman–Crippen MR) is 73.3 cm³/mol. The van der Waals surface area contributed by atoms with Crippen LogP contribution in [0.15, 0.2) is 30.9 Å². The number of ether oxygens (including phenoxy) is 1. The van der Waals surface area contributed by atoms with Crippen LogP contribution in [-0.4, -0.2) is 6.10 Å². The Hall–Kier alpha value is -1.28. The molecule has 2 nitrogen and oxygen atoms in total. The lowest BCUT2D eigenvalue weighted by Gasteiger charge is -2.16. The van der Waals surface area contributed by atoms with Crippen LogP contribution in [0.5, 0.6) is 5.75 Å². The van der Waals surface area contributed by atoms with Gasteiger partial charge in [-0.25, -0.2) is 0 Å². The number of allylic oxidation sites excluding steroid dienone is 1. The maximum absolute atomic E-state index is 6.04. The van der Waals surface area contributed by atoms with Gasteiger partial charge in [0.2, 0.25) is 0 Å². The summed E-state index contributed by atoms with van der Waals surface area (Å²) < 4.78 is 5.78. The highest BCUT2D eigenvalue weighted by Crippen LogP contribution is 2.25. The maximum Gasteiger partial charge on any atom is 0.123 e. The van der Waals surface area contributed by atoms with Gasteiger partial charge in [0.15, 0.2) is 0 Å².